The zero-order valence-corrected chi connectivity index (χ0v) is 15.6. The molecular weight excluding hydrogens is 352 g/mol. The molecule has 0 radical (unpaired) electrons. The number of sulfonamides is 1. The van der Waals surface area contributed by atoms with E-state index in [1.54, 1.807) is 32.2 Å². The molecule has 0 bridgehead atoms. The number of imidazole rings is 1. The third-order valence-corrected chi connectivity index (χ3v) is 6.83. The van der Waals surface area contributed by atoms with Crippen LogP contribution in [0.1, 0.15) is 31.7 Å². The lowest BCUT2D eigenvalue weighted by Gasteiger charge is -2.23. The van der Waals surface area contributed by atoms with Gasteiger partial charge in [0.25, 0.3) is 0 Å². The van der Waals surface area contributed by atoms with Gasteiger partial charge in [-0.2, -0.15) is 0 Å². The first-order valence-electron chi connectivity index (χ1n) is 8.73. The molecule has 1 aromatic carbocycles. The molecule has 0 saturated carbocycles. The maximum Gasteiger partial charge on any atom is 0.240 e. The number of carbonyl (C=O) groups is 1. The number of hydrogen-bond acceptors (Lipinski definition) is 4. The fourth-order valence-electron chi connectivity index (χ4n) is 3.62. The second-order valence-electron chi connectivity index (χ2n) is 7.53. The van der Waals surface area contributed by atoms with Gasteiger partial charge in [0, 0.05) is 37.6 Å². The van der Waals surface area contributed by atoms with Crippen LogP contribution in [0.3, 0.4) is 0 Å². The highest BCUT2D eigenvalue weighted by Gasteiger charge is 2.39. The molecule has 1 atom stereocenters. The van der Waals surface area contributed by atoms with Crippen molar-refractivity contribution >= 4 is 21.6 Å². The topological polar surface area (TPSA) is 93.1 Å². The van der Waals surface area contributed by atoms with Gasteiger partial charge in [0.2, 0.25) is 15.9 Å². The number of amides is 1. The summed E-state index contributed by atoms with van der Waals surface area (Å²) in [6, 6.07) is 4.80. The molecule has 2 aliphatic heterocycles. The Morgan fingerprint density at radius 1 is 1.38 bits per heavy atom. The predicted molar refractivity (Wildman–Crippen MR) is 97.3 cm³/mol. The first-order valence-corrected chi connectivity index (χ1v) is 10.2. The molecule has 4 rings (SSSR count). The van der Waals surface area contributed by atoms with Gasteiger partial charge in [0.15, 0.2) is 0 Å². The van der Waals surface area contributed by atoms with Crippen LogP contribution in [-0.4, -0.2) is 30.4 Å². The van der Waals surface area contributed by atoms with Gasteiger partial charge >= 0.3 is 0 Å². The predicted octanol–water partition coefficient (Wildman–Crippen LogP) is 1.65. The Hall–Kier alpha value is -2.19. The summed E-state index contributed by atoms with van der Waals surface area (Å²) < 4.78 is 30.3. The number of benzene rings is 1. The molecule has 0 unspecified atom stereocenters. The molecule has 0 spiro atoms. The summed E-state index contributed by atoms with van der Waals surface area (Å²) in [6.45, 7) is 4.83. The Morgan fingerprint density at radius 2 is 2.19 bits per heavy atom. The van der Waals surface area contributed by atoms with Crippen LogP contribution in [-0.2, 0) is 33.2 Å². The number of nitrogens with zero attached hydrogens (tertiary/aromatic N) is 2. The number of carbonyl (C=O) groups excluding carboxylic acids is 1. The van der Waals surface area contributed by atoms with E-state index in [1.807, 2.05) is 6.20 Å². The van der Waals surface area contributed by atoms with Crippen LogP contribution in [0, 0.1) is 5.92 Å². The highest BCUT2D eigenvalue weighted by molar-refractivity contribution is 7.89. The molecule has 2 aliphatic rings. The highest BCUT2D eigenvalue weighted by Crippen LogP contribution is 2.38. The van der Waals surface area contributed by atoms with Crippen molar-refractivity contribution in [2.75, 3.05) is 11.9 Å². The molecule has 1 amide bonds. The minimum atomic E-state index is -3.63. The van der Waals surface area contributed by atoms with E-state index >= 15 is 0 Å². The minimum absolute atomic E-state index is 0.118. The second kappa shape index (κ2) is 5.92. The molecule has 0 saturated heterocycles. The molecule has 26 heavy (non-hydrogen) atoms. The lowest BCUT2D eigenvalue weighted by Crippen LogP contribution is -2.33. The van der Waals surface area contributed by atoms with Gasteiger partial charge in [0.1, 0.15) is 5.82 Å². The van der Waals surface area contributed by atoms with E-state index in [0.29, 0.717) is 17.8 Å². The average molecular weight is 374 g/mol. The van der Waals surface area contributed by atoms with Crippen molar-refractivity contribution in [3.05, 3.63) is 42.0 Å². The van der Waals surface area contributed by atoms with Crippen LogP contribution in [0.15, 0.2) is 35.5 Å². The monoisotopic (exact) mass is 374 g/mol. The normalized spacial score (nSPS) is 21.2. The van der Waals surface area contributed by atoms with E-state index in [-0.39, 0.29) is 16.7 Å². The quantitative estimate of drug-likeness (QED) is 0.851. The number of rotatable bonds is 4. The number of nitrogens with one attached hydrogen (secondary N) is 2. The van der Waals surface area contributed by atoms with Crippen LogP contribution in [0.25, 0.3) is 0 Å². The van der Waals surface area contributed by atoms with Crippen LogP contribution in [0.2, 0.25) is 0 Å². The molecule has 3 heterocycles. The summed E-state index contributed by atoms with van der Waals surface area (Å²) in [5.41, 5.74) is 0.657. The first-order chi connectivity index (χ1) is 12.3. The van der Waals surface area contributed by atoms with Gasteiger partial charge in [0.05, 0.1) is 10.3 Å². The molecule has 2 aromatic rings. The minimum Gasteiger partial charge on any atom is -0.335 e. The lowest BCUT2D eigenvalue weighted by atomic mass is 9.86. The number of aromatic nitrogens is 2. The van der Waals surface area contributed by atoms with Crippen molar-refractivity contribution < 1.29 is 13.2 Å². The molecule has 0 aliphatic carbocycles. The standard InChI is InChI=1S/C18H22N4O3S/c1-18(2)14-10-13(3-4-15(14)21-17(18)23)26(24,25)20-11-12-5-7-22-8-6-19-16(22)9-12/h3-4,6,8,10,12,20H,5,7,9,11H2,1-2H3,(H,21,23)/t12-/m0/s1. The van der Waals surface area contributed by atoms with Gasteiger partial charge < -0.3 is 9.88 Å². The van der Waals surface area contributed by atoms with Gasteiger partial charge in [-0.25, -0.2) is 18.1 Å². The fraction of sp³-hybridized carbons (Fsp3) is 0.444. The van der Waals surface area contributed by atoms with Gasteiger partial charge in [-0.3, -0.25) is 4.79 Å². The van der Waals surface area contributed by atoms with Crippen molar-refractivity contribution in [2.45, 2.75) is 43.5 Å². The van der Waals surface area contributed by atoms with Crippen LogP contribution < -0.4 is 10.0 Å². The summed E-state index contributed by atoms with van der Waals surface area (Å²) in [5, 5.41) is 2.79. The number of hydrogen-bond donors (Lipinski definition) is 2. The van der Waals surface area contributed by atoms with Gasteiger partial charge in [-0.05, 0) is 49.9 Å². The SMILES string of the molecule is CC1(C)C(=O)Nc2ccc(S(=O)(=O)NC[C@H]3CCn4ccnc4C3)cc21. The Kier molecular flexibility index (Phi) is 3.92. The smallest absolute Gasteiger partial charge is 0.240 e. The largest absolute Gasteiger partial charge is 0.335 e. The lowest BCUT2D eigenvalue weighted by molar-refractivity contribution is -0.119. The summed E-state index contributed by atoms with van der Waals surface area (Å²) in [6.07, 6.45) is 5.42. The fourth-order valence-corrected chi connectivity index (χ4v) is 4.76. The molecule has 7 nitrogen and oxygen atoms in total. The number of anilines is 1. The maximum absolute atomic E-state index is 12.7. The van der Waals surface area contributed by atoms with E-state index in [4.69, 9.17) is 0 Å². The van der Waals surface area contributed by atoms with E-state index in [0.717, 1.165) is 25.2 Å². The highest BCUT2D eigenvalue weighted by atomic mass is 32.2. The molecule has 2 N–H and O–H groups in total. The van der Waals surface area contributed by atoms with Gasteiger partial charge in [-0.15, -0.1) is 0 Å². The summed E-state index contributed by atoms with van der Waals surface area (Å²) in [5.74, 6) is 1.12. The Labute approximate surface area is 152 Å². The van der Waals surface area contributed by atoms with E-state index < -0.39 is 15.4 Å². The van der Waals surface area contributed by atoms with Crippen molar-refractivity contribution in [3.8, 4) is 0 Å². The zero-order chi connectivity index (χ0) is 18.5. The van der Waals surface area contributed by atoms with Crippen LogP contribution in [0.4, 0.5) is 5.69 Å². The number of aryl methyl sites for hydroxylation is 1. The summed E-state index contributed by atoms with van der Waals surface area (Å²) in [4.78, 5) is 16.6. The van der Waals surface area contributed by atoms with E-state index in [2.05, 4.69) is 19.6 Å². The van der Waals surface area contributed by atoms with Gasteiger partial charge in [-0.1, -0.05) is 0 Å². The average Bonchev–Trinajstić information content (AvgIpc) is 3.15. The maximum atomic E-state index is 12.7. The van der Waals surface area contributed by atoms with Crippen molar-refractivity contribution in [1.82, 2.24) is 14.3 Å². The zero-order valence-electron chi connectivity index (χ0n) is 14.8. The first kappa shape index (κ1) is 17.2. The third kappa shape index (κ3) is 2.83. The van der Waals surface area contributed by atoms with Crippen molar-refractivity contribution in [2.24, 2.45) is 5.92 Å². The Balaban J connectivity index is 1.50. The molecule has 138 valence electrons. The molecule has 0 fully saturated rings. The van der Waals surface area contributed by atoms with Crippen molar-refractivity contribution in [3.63, 3.8) is 0 Å². The summed E-state index contributed by atoms with van der Waals surface area (Å²) in [7, 11) is -3.63. The van der Waals surface area contributed by atoms with Crippen LogP contribution in [0.5, 0.6) is 0 Å². The second-order valence-corrected chi connectivity index (χ2v) is 9.30. The molecule has 8 heteroatoms. The van der Waals surface area contributed by atoms with Crippen molar-refractivity contribution in [1.29, 1.82) is 0 Å². The Morgan fingerprint density at radius 3 is 3.00 bits per heavy atom. The van der Waals surface area contributed by atoms with Crippen LogP contribution >= 0.6 is 0 Å². The summed E-state index contributed by atoms with van der Waals surface area (Å²) >= 11 is 0. The van der Waals surface area contributed by atoms with E-state index in [9.17, 15) is 13.2 Å². The number of fused-ring (bicyclic) bond motifs is 2. The Bertz CT molecular complexity index is 978. The molecular formula is C18H22N4O3S. The molecule has 1 aromatic heterocycles. The van der Waals surface area contributed by atoms with E-state index in [1.165, 1.54) is 6.07 Å². The third-order valence-electron chi connectivity index (χ3n) is 5.40.